The molecule has 3 aromatic carbocycles. The molecule has 27 heteroatoms. The van der Waals surface area contributed by atoms with Crippen LogP contribution in [0, 0.1) is 53.9 Å². The number of rotatable bonds is 24. The zero-order chi connectivity index (χ0) is 70.6. The normalized spacial score (nSPS) is 16.6. The van der Waals surface area contributed by atoms with Gasteiger partial charge in [0, 0.05) is 93.0 Å². The average molecular weight is 1440 g/mol. The number of amides is 6. The molecule has 22 nitrogen and oxygen atoms in total. The number of carbonyl (C=O) groups excluding carboxylic acids is 6. The van der Waals surface area contributed by atoms with E-state index >= 15 is 0 Å². The molecule has 518 valence electrons. The molecule has 4 N–H and O–H groups in total. The third-order valence-electron chi connectivity index (χ3n) is 18.1. The second-order valence-corrected chi connectivity index (χ2v) is 30.5. The van der Waals surface area contributed by atoms with Crippen molar-refractivity contribution in [2.24, 2.45) is 20.4 Å². The summed E-state index contributed by atoms with van der Waals surface area (Å²) < 4.78 is 3.99. The van der Waals surface area contributed by atoms with E-state index < -0.39 is 53.9 Å². The lowest BCUT2D eigenvalue weighted by molar-refractivity contribution is -0.135. The van der Waals surface area contributed by atoms with Gasteiger partial charge in [-0.25, -0.2) is 9.98 Å². The summed E-state index contributed by atoms with van der Waals surface area (Å²) in [7, 11) is 0. The fourth-order valence-corrected chi connectivity index (χ4v) is 16.1. The van der Waals surface area contributed by atoms with Crippen molar-refractivity contribution in [2.75, 3.05) is 32.7 Å². The van der Waals surface area contributed by atoms with Crippen LogP contribution in [0.2, 0.25) is 10.0 Å². The molecule has 0 saturated carbocycles. The Morgan fingerprint density at radius 2 is 1.17 bits per heavy atom. The Labute approximate surface area is 597 Å². The third kappa shape index (κ3) is 16.2. The van der Waals surface area contributed by atoms with Gasteiger partial charge in [-0.1, -0.05) is 92.5 Å². The smallest absolute Gasteiger partial charge is 0.269 e. The Bertz CT molecular complexity index is 4460. The standard InChI is InChI=1S/C72H81Cl2N15O7S3/c1-39-42(4)98-70-60(39)62(47-21-25-50(73)26-22-47)79-53(66-84-82-44(6)88(66)70)33-56(91)75-29-13-11-15-31-86(37-58(93)81-65(72(8,9)10)69(96)87-36-52(90)32-55(87)68(95)77-35-46-17-19-49(20-18-46)64-41(3)78-38-97-64)59(94)16-12-14-30-76-57(92)34-54-67-85-83-45(7)89(67)71-61(40(2)43(5)99-71)63(80-54)48-23-27-51(74)28-24-48/h17-28,38,52-55,90H,11-16,29-37H2,1-10H3,(H,75,91)(H,76,92)(H,77,95)/b81-65-/t52-,53?,54+,55+/m1/s1. The number of carbonyl (C=O) groups is 6. The third-order valence-corrected chi connectivity index (χ3v) is 22.0. The van der Waals surface area contributed by atoms with Gasteiger partial charge in [-0.15, -0.1) is 54.4 Å². The molecule has 3 aliphatic rings. The maximum atomic E-state index is 14.7. The van der Waals surface area contributed by atoms with E-state index in [9.17, 15) is 33.9 Å². The first kappa shape index (κ1) is 71.8. The van der Waals surface area contributed by atoms with Crippen molar-refractivity contribution in [3.63, 3.8) is 0 Å². The number of β-amino-alcohol motifs (C(OH)–C–C–N with tert-alkyl or cyclic N) is 1. The molecule has 8 aromatic rings. The largest absolute Gasteiger partial charge is 0.391 e. The Morgan fingerprint density at radius 1 is 0.657 bits per heavy atom. The van der Waals surface area contributed by atoms with Crippen LogP contribution in [0.25, 0.3) is 20.4 Å². The minimum Gasteiger partial charge on any atom is -0.391 e. The number of hydrogen-bond acceptors (Lipinski definition) is 17. The van der Waals surface area contributed by atoms with Crippen molar-refractivity contribution >= 4 is 110 Å². The summed E-state index contributed by atoms with van der Waals surface area (Å²) >= 11 is 17.5. The van der Waals surface area contributed by atoms with Crippen molar-refractivity contribution < 1.29 is 33.9 Å². The van der Waals surface area contributed by atoms with Gasteiger partial charge in [-0.05, 0) is 127 Å². The predicted molar refractivity (Wildman–Crippen MR) is 388 cm³/mol. The van der Waals surface area contributed by atoms with Crippen LogP contribution in [0.1, 0.15) is 168 Å². The molecule has 0 radical (unpaired) electrons. The number of aromatic nitrogens is 7. The zero-order valence-electron chi connectivity index (χ0n) is 57.2. The van der Waals surface area contributed by atoms with Gasteiger partial charge in [0.2, 0.25) is 23.6 Å². The van der Waals surface area contributed by atoms with Crippen LogP contribution in [0.15, 0.2) is 93.3 Å². The summed E-state index contributed by atoms with van der Waals surface area (Å²) in [6, 6.07) is 20.4. The molecular weight excluding hydrogens is 1350 g/mol. The lowest BCUT2D eigenvalue weighted by Gasteiger charge is -2.29. The van der Waals surface area contributed by atoms with E-state index in [1.54, 1.807) is 60.3 Å². The molecule has 1 unspecified atom stereocenters. The highest BCUT2D eigenvalue weighted by Crippen LogP contribution is 2.42. The minimum atomic E-state index is -1.04. The Hall–Kier alpha value is -8.46. The minimum absolute atomic E-state index is 0.00678. The van der Waals surface area contributed by atoms with Crippen molar-refractivity contribution in [3.8, 4) is 20.4 Å². The number of nitrogens with one attached hydrogen (secondary N) is 3. The van der Waals surface area contributed by atoms with Gasteiger partial charge < -0.3 is 30.9 Å². The molecule has 0 aliphatic carbocycles. The number of unbranched alkanes of at least 4 members (excludes halogenated alkanes) is 3. The lowest BCUT2D eigenvalue weighted by atomic mass is 9.88. The topological polar surface area (TPSA) is 277 Å². The highest BCUT2D eigenvalue weighted by molar-refractivity contribution is 7.15. The van der Waals surface area contributed by atoms with Gasteiger partial charge >= 0.3 is 0 Å². The van der Waals surface area contributed by atoms with E-state index in [0.29, 0.717) is 72.0 Å². The second-order valence-electron chi connectivity index (χ2n) is 26.4. The molecule has 1 saturated heterocycles. The van der Waals surface area contributed by atoms with Crippen LogP contribution >= 0.6 is 57.2 Å². The maximum absolute atomic E-state index is 14.7. The van der Waals surface area contributed by atoms with Gasteiger partial charge in [0.25, 0.3) is 11.8 Å². The number of aryl methyl sites for hydroxylation is 5. The fraction of sp³-hybridized carbons (Fsp3) is 0.417. The molecule has 3 aliphatic heterocycles. The summed E-state index contributed by atoms with van der Waals surface area (Å²) in [5.74, 6) is -0.209. The van der Waals surface area contributed by atoms with Gasteiger partial charge in [-0.3, -0.25) is 47.9 Å². The van der Waals surface area contributed by atoms with Gasteiger partial charge in [0.1, 0.15) is 52.0 Å². The van der Waals surface area contributed by atoms with E-state index in [2.05, 4.69) is 74.0 Å². The van der Waals surface area contributed by atoms with Crippen LogP contribution in [0.3, 0.4) is 0 Å². The van der Waals surface area contributed by atoms with Crippen LogP contribution in [0.5, 0.6) is 0 Å². The van der Waals surface area contributed by atoms with Crippen LogP contribution in [0.4, 0.5) is 0 Å². The number of aliphatic hydroxyl groups excluding tert-OH is 1. The van der Waals surface area contributed by atoms with Crippen LogP contribution in [-0.2, 0) is 35.3 Å². The molecule has 11 rings (SSSR count). The van der Waals surface area contributed by atoms with E-state index in [-0.39, 0.29) is 75.3 Å². The number of fused-ring (bicyclic) bond motifs is 6. The summed E-state index contributed by atoms with van der Waals surface area (Å²) in [4.78, 5) is 110. The highest BCUT2D eigenvalue weighted by atomic mass is 35.5. The van der Waals surface area contributed by atoms with Gasteiger partial charge in [-0.2, -0.15) is 0 Å². The maximum Gasteiger partial charge on any atom is 0.269 e. The molecule has 8 heterocycles. The molecular formula is C72H81Cl2N15O7S3. The first-order chi connectivity index (χ1) is 47.3. The number of likely N-dealkylation sites (tertiary alicyclic amines) is 1. The second kappa shape index (κ2) is 31.0. The van der Waals surface area contributed by atoms with E-state index in [1.165, 1.54) is 9.80 Å². The fourth-order valence-electron chi connectivity index (χ4n) is 12.6. The summed E-state index contributed by atoms with van der Waals surface area (Å²) in [5.41, 5.74) is 10.7. The molecule has 5 aromatic heterocycles. The van der Waals surface area contributed by atoms with Crippen molar-refractivity contribution in [2.45, 2.75) is 158 Å². The van der Waals surface area contributed by atoms with Crippen molar-refractivity contribution in [1.82, 2.24) is 60.3 Å². The summed E-state index contributed by atoms with van der Waals surface area (Å²) in [5, 5.41) is 41.0. The number of thiazole rings is 1. The highest BCUT2D eigenvalue weighted by Gasteiger charge is 2.43. The zero-order valence-corrected chi connectivity index (χ0v) is 61.1. The van der Waals surface area contributed by atoms with Gasteiger partial charge in [0.15, 0.2) is 11.6 Å². The molecule has 4 atom stereocenters. The van der Waals surface area contributed by atoms with E-state index in [4.69, 9.17) is 33.2 Å². The number of hydrogen-bond donors (Lipinski definition) is 4. The number of aliphatic hydroxyl groups is 1. The number of benzene rings is 3. The Morgan fingerprint density at radius 3 is 1.68 bits per heavy atom. The number of halogens is 2. The van der Waals surface area contributed by atoms with Crippen molar-refractivity contribution in [3.05, 3.63) is 166 Å². The predicted octanol–water partition coefficient (Wildman–Crippen LogP) is 11.5. The lowest BCUT2D eigenvalue weighted by Crippen LogP contribution is -2.50. The quantitative estimate of drug-likeness (QED) is 0.0325. The number of nitrogens with zero attached hydrogens (tertiary/aromatic N) is 12. The number of aliphatic imine (C=N–C) groups is 3. The first-order valence-electron chi connectivity index (χ1n) is 33.2. The van der Waals surface area contributed by atoms with Crippen molar-refractivity contribution in [1.29, 1.82) is 0 Å². The van der Waals surface area contributed by atoms with Crippen LogP contribution < -0.4 is 16.0 Å². The van der Waals surface area contributed by atoms with Gasteiger partial charge in [0.05, 0.1) is 46.5 Å². The number of thiophene rings is 2. The van der Waals surface area contributed by atoms with Crippen LogP contribution in [-0.4, -0.2) is 147 Å². The molecule has 0 spiro atoms. The Kier molecular flexibility index (Phi) is 22.5. The average Bonchev–Trinajstić information content (AvgIpc) is 1.60. The Balaban J connectivity index is 0.742. The molecule has 99 heavy (non-hydrogen) atoms. The molecule has 0 bridgehead atoms. The van der Waals surface area contributed by atoms with E-state index in [1.807, 2.05) is 103 Å². The van der Waals surface area contributed by atoms with E-state index in [0.717, 1.165) is 86.3 Å². The first-order valence-corrected chi connectivity index (χ1v) is 36.5. The molecule has 1 fully saturated rings. The summed E-state index contributed by atoms with van der Waals surface area (Å²) in [6.45, 7) is 19.5. The SMILES string of the molecule is Cc1ncsc1-c1ccc(CNC(=O)[C@@H]2C[C@@H](O)CN2C(=O)/C(=N/C(=O)CN(CCCCCNC(=O)CC2N=C(c3ccc(Cl)cc3)c3c(sc(C)c3C)-n3c(C)nnc32)C(=O)CCCCNC(=O)C[C@@H]2N=C(c3ccc(Cl)cc3)c3c(sc(C)c3C)-n3c(C)nnc32)C(C)(C)C)cc1. The molecule has 6 amide bonds. The summed E-state index contributed by atoms with van der Waals surface area (Å²) in [6.07, 6.45) is 1.40. The monoisotopic (exact) mass is 1430 g/mol.